The molecule has 1 fully saturated rings. The quantitative estimate of drug-likeness (QED) is 0.324. The molecule has 0 aromatic heterocycles. The van der Waals surface area contributed by atoms with Crippen LogP contribution in [0.1, 0.15) is 62.7 Å². The van der Waals surface area contributed by atoms with Crippen molar-refractivity contribution in [3.8, 4) is 5.75 Å². The van der Waals surface area contributed by atoms with Crippen LogP contribution in [0, 0.1) is 0 Å². The number of hydrogen-bond acceptors (Lipinski definition) is 7. The van der Waals surface area contributed by atoms with Crippen molar-refractivity contribution >= 4 is 27.5 Å². The molecule has 1 aromatic rings. The molecule has 0 N–H and O–H groups in total. The van der Waals surface area contributed by atoms with Crippen LogP contribution in [-0.2, 0) is 24.2 Å². The Kier molecular flexibility index (Phi) is 10.2. The zero-order valence-electron chi connectivity index (χ0n) is 18.9. The van der Waals surface area contributed by atoms with Crippen LogP contribution in [0.15, 0.2) is 24.3 Å². The van der Waals surface area contributed by atoms with Gasteiger partial charge in [-0.1, -0.05) is 20.3 Å². The Morgan fingerprint density at radius 3 is 2.38 bits per heavy atom. The molecule has 178 valence electrons. The van der Waals surface area contributed by atoms with E-state index in [9.17, 15) is 22.8 Å². The number of sulfone groups is 1. The van der Waals surface area contributed by atoms with Crippen molar-refractivity contribution in [3.05, 3.63) is 29.8 Å². The van der Waals surface area contributed by atoms with E-state index in [-0.39, 0.29) is 36.2 Å². The fraction of sp³-hybridized carbons (Fsp3) is 0.609. The van der Waals surface area contributed by atoms with Gasteiger partial charge in [0.1, 0.15) is 5.75 Å². The number of carbonyl (C=O) groups is 3. The van der Waals surface area contributed by atoms with Crippen molar-refractivity contribution in [1.29, 1.82) is 0 Å². The molecular weight excluding hydrogens is 434 g/mol. The van der Waals surface area contributed by atoms with E-state index in [1.54, 1.807) is 24.3 Å². The molecular formula is C23H33NO7S. The molecule has 0 spiro atoms. The normalized spacial score (nSPS) is 17.0. The first kappa shape index (κ1) is 25.8. The van der Waals surface area contributed by atoms with Crippen molar-refractivity contribution in [1.82, 2.24) is 4.90 Å². The van der Waals surface area contributed by atoms with Crippen LogP contribution < -0.4 is 4.74 Å². The number of ketones is 1. The average Bonchev–Trinajstić information content (AvgIpc) is 3.14. The number of hydrogen-bond donors (Lipinski definition) is 0. The summed E-state index contributed by atoms with van der Waals surface area (Å²) in [6.07, 6.45) is 2.74. The lowest BCUT2D eigenvalue weighted by molar-refractivity contribution is -0.152. The lowest BCUT2D eigenvalue weighted by atomic mass is 10.1. The maximum absolute atomic E-state index is 12.6. The van der Waals surface area contributed by atoms with Crippen molar-refractivity contribution < 1.29 is 32.3 Å². The second-order valence-electron chi connectivity index (χ2n) is 7.95. The van der Waals surface area contributed by atoms with Gasteiger partial charge >= 0.3 is 5.97 Å². The Balaban J connectivity index is 1.80. The molecule has 1 saturated heterocycles. The first-order valence-corrected chi connectivity index (χ1v) is 13.0. The lowest BCUT2D eigenvalue weighted by Crippen LogP contribution is -2.43. The van der Waals surface area contributed by atoms with Crippen molar-refractivity contribution in [2.45, 2.75) is 58.4 Å². The van der Waals surface area contributed by atoms with Crippen LogP contribution in [0.4, 0.5) is 0 Å². The van der Waals surface area contributed by atoms with E-state index >= 15 is 0 Å². The van der Waals surface area contributed by atoms with Gasteiger partial charge in [-0.15, -0.1) is 0 Å². The van der Waals surface area contributed by atoms with E-state index < -0.39 is 28.3 Å². The van der Waals surface area contributed by atoms with Gasteiger partial charge in [0.05, 0.1) is 24.5 Å². The van der Waals surface area contributed by atoms with Gasteiger partial charge < -0.3 is 14.4 Å². The number of benzene rings is 1. The number of esters is 1. The van der Waals surface area contributed by atoms with Crippen LogP contribution in [0.5, 0.6) is 5.75 Å². The molecule has 1 aliphatic heterocycles. The first-order valence-electron chi connectivity index (χ1n) is 11.2. The summed E-state index contributed by atoms with van der Waals surface area (Å²) < 4.78 is 34.1. The van der Waals surface area contributed by atoms with Gasteiger partial charge in [0, 0.05) is 24.6 Å². The third-order valence-corrected chi connectivity index (χ3v) is 7.03. The van der Waals surface area contributed by atoms with E-state index in [2.05, 4.69) is 0 Å². The SMILES string of the molecule is CCCCN(C(=O)COC(=O)CCC(=O)c1ccc(OCCC)cc1)C1CCS(=O)(=O)C1. The van der Waals surface area contributed by atoms with E-state index in [0.29, 0.717) is 30.9 Å². The molecule has 1 aliphatic rings. The van der Waals surface area contributed by atoms with Gasteiger partial charge in [-0.3, -0.25) is 14.4 Å². The Labute approximate surface area is 190 Å². The van der Waals surface area contributed by atoms with Gasteiger partial charge in [0.25, 0.3) is 5.91 Å². The van der Waals surface area contributed by atoms with E-state index in [1.807, 2.05) is 13.8 Å². The maximum Gasteiger partial charge on any atom is 0.306 e. The number of carbonyl (C=O) groups excluding carboxylic acids is 3. The first-order chi connectivity index (χ1) is 15.3. The highest BCUT2D eigenvalue weighted by Crippen LogP contribution is 2.19. The number of amides is 1. The average molecular weight is 468 g/mol. The minimum Gasteiger partial charge on any atom is -0.494 e. The van der Waals surface area contributed by atoms with Crippen molar-refractivity contribution in [3.63, 3.8) is 0 Å². The zero-order valence-corrected chi connectivity index (χ0v) is 19.7. The van der Waals surface area contributed by atoms with Gasteiger partial charge in [-0.05, 0) is 43.5 Å². The summed E-state index contributed by atoms with van der Waals surface area (Å²) in [6.45, 7) is 4.58. The number of rotatable bonds is 13. The molecule has 1 aromatic carbocycles. The molecule has 1 unspecified atom stereocenters. The smallest absolute Gasteiger partial charge is 0.306 e. The van der Waals surface area contributed by atoms with Crippen LogP contribution in [0.2, 0.25) is 0 Å². The monoisotopic (exact) mass is 467 g/mol. The van der Waals surface area contributed by atoms with Gasteiger partial charge in [0.15, 0.2) is 22.2 Å². The topological polar surface area (TPSA) is 107 Å². The van der Waals surface area contributed by atoms with E-state index in [4.69, 9.17) is 9.47 Å². The highest BCUT2D eigenvalue weighted by atomic mass is 32.2. The summed E-state index contributed by atoms with van der Waals surface area (Å²) in [5, 5.41) is 0. The fourth-order valence-corrected chi connectivity index (χ4v) is 5.21. The molecule has 0 aliphatic carbocycles. The summed E-state index contributed by atoms with van der Waals surface area (Å²) in [6, 6.07) is 6.37. The Morgan fingerprint density at radius 2 is 1.78 bits per heavy atom. The molecule has 32 heavy (non-hydrogen) atoms. The van der Waals surface area contributed by atoms with Crippen LogP contribution in [0.25, 0.3) is 0 Å². The zero-order chi connectivity index (χ0) is 23.6. The highest BCUT2D eigenvalue weighted by molar-refractivity contribution is 7.91. The summed E-state index contributed by atoms with van der Waals surface area (Å²) in [5.41, 5.74) is 0.478. The Hall–Kier alpha value is -2.42. The standard InChI is InChI=1S/C23H33NO7S/c1-3-5-13-24(19-12-15-32(28,29)17-19)22(26)16-31-23(27)11-10-21(25)18-6-8-20(9-7-18)30-14-4-2/h6-9,19H,3-5,10-17H2,1-2H3. The summed E-state index contributed by atoms with van der Waals surface area (Å²) in [4.78, 5) is 38.5. The number of unbranched alkanes of at least 4 members (excludes halogenated alkanes) is 1. The second kappa shape index (κ2) is 12.6. The summed E-state index contributed by atoms with van der Waals surface area (Å²) >= 11 is 0. The van der Waals surface area contributed by atoms with Crippen LogP contribution in [-0.4, -0.2) is 68.3 Å². The molecule has 8 nitrogen and oxygen atoms in total. The minimum atomic E-state index is -3.13. The van der Waals surface area contributed by atoms with Gasteiger partial charge in [-0.25, -0.2) is 8.42 Å². The Bertz CT molecular complexity index is 880. The fourth-order valence-electron chi connectivity index (χ4n) is 3.47. The van der Waals surface area contributed by atoms with E-state index in [0.717, 1.165) is 19.3 Å². The van der Waals surface area contributed by atoms with Crippen LogP contribution >= 0.6 is 0 Å². The lowest BCUT2D eigenvalue weighted by Gasteiger charge is -2.28. The number of nitrogens with zero attached hydrogens (tertiary/aromatic N) is 1. The van der Waals surface area contributed by atoms with Gasteiger partial charge in [0.2, 0.25) is 0 Å². The van der Waals surface area contributed by atoms with Crippen molar-refractivity contribution in [2.24, 2.45) is 0 Å². The van der Waals surface area contributed by atoms with Crippen LogP contribution in [0.3, 0.4) is 0 Å². The summed E-state index contributed by atoms with van der Waals surface area (Å²) in [5.74, 6) is -0.527. The molecule has 0 saturated carbocycles. The molecule has 1 atom stereocenters. The largest absolute Gasteiger partial charge is 0.494 e. The van der Waals surface area contributed by atoms with E-state index in [1.165, 1.54) is 4.90 Å². The molecule has 1 amide bonds. The van der Waals surface area contributed by atoms with Gasteiger partial charge in [-0.2, -0.15) is 0 Å². The predicted octanol–water partition coefficient (Wildman–Crippen LogP) is 2.80. The predicted molar refractivity (Wildman–Crippen MR) is 120 cm³/mol. The maximum atomic E-state index is 12.6. The van der Waals surface area contributed by atoms with Crippen molar-refractivity contribution in [2.75, 3.05) is 31.3 Å². The molecule has 9 heteroatoms. The highest BCUT2D eigenvalue weighted by Gasteiger charge is 2.34. The molecule has 0 bridgehead atoms. The number of ether oxygens (including phenoxy) is 2. The third-order valence-electron chi connectivity index (χ3n) is 5.28. The molecule has 2 rings (SSSR count). The summed E-state index contributed by atoms with van der Waals surface area (Å²) in [7, 11) is -3.13. The third kappa shape index (κ3) is 8.26. The number of Topliss-reactive ketones (excluding diaryl/α,β-unsaturated/α-hetero) is 1. The second-order valence-corrected chi connectivity index (χ2v) is 10.2. The molecule has 0 radical (unpaired) electrons. The molecule has 1 heterocycles. The minimum absolute atomic E-state index is 0.0252. The Morgan fingerprint density at radius 1 is 1.06 bits per heavy atom.